The average Bonchev–Trinajstić information content (AvgIpc) is 2.36. The van der Waals surface area contributed by atoms with E-state index in [4.69, 9.17) is 10.00 Å². The molecule has 0 unspecified atom stereocenters. The van der Waals surface area contributed by atoms with Crippen molar-refractivity contribution in [1.29, 1.82) is 5.26 Å². The molecule has 1 fully saturated rings. The summed E-state index contributed by atoms with van der Waals surface area (Å²) in [6.45, 7) is 6.56. The Hall–Kier alpha value is -0.590. The Morgan fingerprint density at radius 2 is 2.42 bits per heavy atom. The maximum Gasteiger partial charge on any atom is 0.0866 e. The van der Waals surface area contributed by atoms with Crippen LogP contribution in [0.2, 0.25) is 0 Å². The van der Waals surface area contributed by atoms with Crippen molar-refractivity contribution in [2.24, 2.45) is 0 Å². The van der Waals surface area contributed by atoms with Crippen molar-refractivity contribution in [3.8, 4) is 6.07 Å². The molecule has 0 N–H and O–H groups in total. The molecule has 1 heterocycles. The highest BCUT2D eigenvalue weighted by Crippen LogP contribution is 2.13. The van der Waals surface area contributed by atoms with Gasteiger partial charge in [-0.25, -0.2) is 0 Å². The second kappa shape index (κ2) is 4.44. The number of rotatable bonds is 3. The Balaban J connectivity index is 2.22. The first-order chi connectivity index (χ1) is 5.72. The van der Waals surface area contributed by atoms with Crippen LogP contribution >= 0.6 is 0 Å². The molecule has 3 heteroatoms. The Morgan fingerprint density at radius 1 is 1.67 bits per heavy atom. The minimum Gasteiger partial charge on any atom is -0.374 e. The topological polar surface area (TPSA) is 36.3 Å². The van der Waals surface area contributed by atoms with Crippen molar-refractivity contribution in [2.45, 2.75) is 32.5 Å². The molecule has 1 atom stereocenters. The van der Waals surface area contributed by atoms with Crippen molar-refractivity contribution in [1.82, 2.24) is 4.90 Å². The quantitative estimate of drug-likeness (QED) is 0.590. The van der Waals surface area contributed by atoms with Gasteiger partial charge >= 0.3 is 0 Å². The molecule has 0 aromatic heterocycles. The molecule has 1 aliphatic heterocycles. The van der Waals surface area contributed by atoms with Gasteiger partial charge in [0.05, 0.1) is 24.8 Å². The summed E-state index contributed by atoms with van der Waals surface area (Å²) in [5.74, 6) is 0. The van der Waals surface area contributed by atoms with Crippen molar-refractivity contribution >= 4 is 0 Å². The SMILES string of the molecule is CC(C)O[C@H]1CCN(CC#N)C1. The second-order valence-electron chi connectivity index (χ2n) is 3.49. The third kappa shape index (κ3) is 2.80. The molecular formula is C9H16N2O. The highest BCUT2D eigenvalue weighted by atomic mass is 16.5. The maximum absolute atomic E-state index is 8.46. The molecule has 0 bridgehead atoms. The van der Waals surface area contributed by atoms with E-state index in [1.165, 1.54) is 0 Å². The van der Waals surface area contributed by atoms with Crippen molar-refractivity contribution in [2.75, 3.05) is 19.6 Å². The van der Waals surface area contributed by atoms with E-state index < -0.39 is 0 Å². The summed E-state index contributed by atoms with van der Waals surface area (Å²) in [6.07, 6.45) is 1.72. The lowest BCUT2D eigenvalue weighted by Crippen LogP contribution is -2.25. The summed E-state index contributed by atoms with van der Waals surface area (Å²) in [4.78, 5) is 2.13. The number of hydrogen-bond acceptors (Lipinski definition) is 3. The monoisotopic (exact) mass is 168 g/mol. The van der Waals surface area contributed by atoms with Gasteiger partial charge < -0.3 is 4.74 Å². The summed E-state index contributed by atoms with van der Waals surface area (Å²) in [7, 11) is 0. The minimum absolute atomic E-state index is 0.303. The van der Waals surface area contributed by atoms with Gasteiger partial charge in [0, 0.05) is 13.1 Å². The first-order valence-electron chi connectivity index (χ1n) is 4.47. The van der Waals surface area contributed by atoms with Crippen LogP contribution in [0.4, 0.5) is 0 Å². The van der Waals surface area contributed by atoms with Gasteiger partial charge in [0.2, 0.25) is 0 Å². The van der Waals surface area contributed by atoms with Gasteiger partial charge in [0.1, 0.15) is 0 Å². The third-order valence-electron chi connectivity index (χ3n) is 1.99. The molecule has 0 aromatic rings. The van der Waals surface area contributed by atoms with E-state index >= 15 is 0 Å². The summed E-state index contributed by atoms with van der Waals surface area (Å²) in [6, 6.07) is 2.15. The third-order valence-corrected chi connectivity index (χ3v) is 1.99. The average molecular weight is 168 g/mol. The zero-order valence-electron chi connectivity index (χ0n) is 7.79. The van der Waals surface area contributed by atoms with E-state index in [0.717, 1.165) is 19.5 Å². The summed E-state index contributed by atoms with van der Waals surface area (Å²) in [5.41, 5.74) is 0. The smallest absolute Gasteiger partial charge is 0.0866 e. The molecule has 1 rings (SSSR count). The zero-order valence-corrected chi connectivity index (χ0v) is 7.79. The molecule has 0 amide bonds. The van der Waals surface area contributed by atoms with Crippen LogP contribution < -0.4 is 0 Å². The van der Waals surface area contributed by atoms with Crippen molar-refractivity contribution < 1.29 is 4.74 Å². The van der Waals surface area contributed by atoms with Crippen LogP contribution in [0.5, 0.6) is 0 Å². The summed E-state index contributed by atoms with van der Waals surface area (Å²) in [5, 5.41) is 8.46. The van der Waals surface area contributed by atoms with Gasteiger partial charge in [-0.05, 0) is 20.3 Å². The predicted molar refractivity (Wildman–Crippen MR) is 46.7 cm³/mol. The first kappa shape index (κ1) is 9.50. The van der Waals surface area contributed by atoms with Crippen LogP contribution in [0.1, 0.15) is 20.3 Å². The lowest BCUT2D eigenvalue weighted by molar-refractivity contribution is 0.0147. The van der Waals surface area contributed by atoms with Crippen molar-refractivity contribution in [3.05, 3.63) is 0 Å². The van der Waals surface area contributed by atoms with Crippen LogP contribution in [0.3, 0.4) is 0 Å². The molecule has 1 saturated heterocycles. The fourth-order valence-electron chi connectivity index (χ4n) is 1.54. The van der Waals surface area contributed by atoms with E-state index in [1.54, 1.807) is 0 Å². The number of likely N-dealkylation sites (tertiary alicyclic amines) is 1. The lowest BCUT2D eigenvalue weighted by atomic mass is 10.3. The first-order valence-corrected chi connectivity index (χ1v) is 4.47. The van der Waals surface area contributed by atoms with Crippen LogP contribution in [0, 0.1) is 11.3 Å². The van der Waals surface area contributed by atoms with Crippen LogP contribution in [-0.4, -0.2) is 36.7 Å². The van der Waals surface area contributed by atoms with Crippen LogP contribution in [-0.2, 0) is 4.74 Å². The van der Waals surface area contributed by atoms with E-state index in [2.05, 4.69) is 11.0 Å². The lowest BCUT2D eigenvalue weighted by Gasteiger charge is -2.15. The summed E-state index contributed by atoms with van der Waals surface area (Å²) >= 11 is 0. The maximum atomic E-state index is 8.46. The van der Waals surface area contributed by atoms with Gasteiger partial charge in [0.25, 0.3) is 0 Å². The van der Waals surface area contributed by atoms with E-state index in [-0.39, 0.29) is 0 Å². The molecule has 3 nitrogen and oxygen atoms in total. The van der Waals surface area contributed by atoms with E-state index in [9.17, 15) is 0 Å². The Bertz CT molecular complexity index is 174. The molecule has 68 valence electrons. The normalized spacial score (nSPS) is 24.7. The van der Waals surface area contributed by atoms with Gasteiger partial charge in [-0.2, -0.15) is 5.26 Å². The molecule has 1 aliphatic rings. The van der Waals surface area contributed by atoms with Crippen molar-refractivity contribution in [3.63, 3.8) is 0 Å². The second-order valence-corrected chi connectivity index (χ2v) is 3.49. The number of nitrogens with zero attached hydrogens (tertiary/aromatic N) is 2. The van der Waals surface area contributed by atoms with Gasteiger partial charge in [0.15, 0.2) is 0 Å². The molecule has 0 saturated carbocycles. The largest absolute Gasteiger partial charge is 0.374 e. The molecule has 0 spiro atoms. The van der Waals surface area contributed by atoms with E-state index in [1.807, 2.05) is 13.8 Å². The van der Waals surface area contributed by atoms with E-state index in [0.29, 0.717) is 18.8 Å². The number of hydrogen-bond donors (Lipinski definition) is 0. The van der Waals surface area contributed by atoms with Gasteiger partial charge in [-0.1, -0.05) is 0 Å². The van der Waals surface area contributed by atoms with Gasteiger partial charge in [-0.3, -0.25) is 4.90 Å². The number of nitriles is 1. The predicted octanol–water partition coefficient (Wildman–Crippen LogP) is 1.01. The molecule has 12 heavy (non-hydrogen) atoms. The highest BCUT2D eigenvalue weighted by molar-refractivity contribution is 4.83. The Labute approximate surface area is 73.9 Å². The van der Waals surface area contributed by atoms with Crippen LogP contribution in [0.15, 0.2) is 0 Å². The number of ether oxygens (including phenoxy) is 1. The summed E-state index contributed by atoms with van der Waals surface area (Å²) < 4.78 is 5.64. The standard InChI is InChI=1S/C9H16N2O/c1-8(2)12-9-3-5-11(7-9)6-4-10/h8-9H,3,5-7H2,1-2H3/t9-/m0/s1. The van der Waals surface area contributed by atoms with Crippen LogP contribution in [0.25, 0.3) is 0 Å². The minimum atomic E-state index is 0.303. The molecule has 0 aliphatic carbocycles. The zero-order chi connectivity index (χ0) is 8.97. The Morgan fingerprint density at radius 3 is 3.00 bits per heavy atom. The fourth-order valence-corrected chi connectivity index (χ4v) is 1.54. The molecule has 0 radical (unpaired) electrons. The highest BCUT2D eigenvalue weighted by Gasteiger charge is 2.22. The molecular weight excluding hydrogens is 152 g/mol. The van der Waals surface area contributed by atoms with Gasteiger partial charge in [-0.15, -0.1) is 0 Å². The molecule has 0 aromatic carbocycles. The fraction of sp³-hybridized carbons (Fsp3) is 0.889. The Kier molecular flexibility index (Phi) is 3.51.